The van der Waals surface area contributed by atoms with Gasteiger partial charge in [-0.3, -0.25) is 0 Å². The van der Waals surface area contributed by atoms with Crippen molar-refractivity contribution in [2.24, 2.45) is 0 Å². The zero-order chi connectivity index (χ0) is 8.91. The van der Waals surface area contributed by atoms with Crippen LogP contribution in [-0.2, 0) is 0 Å². The maximum Gasteiger partial charge on any atom is 0.245 e. The molecule has 0 heterocycles. The molecule has 0 bridgehead atoms. The molecule has 0 aliphatic rings. The van der Waals surface area contributed by atoms with Gasteiger partial charge in [0.15, 0.2) is 0 Å². The molecular weight excluding hydrogens is 148 g/mol. The highest BCUT2D eigenvalue weighted by molar-refractivity contribution is 4.60. The number of rotatable bonds is 5. The standard InChI is InChI=1S/C8H17F2N/c1-7(2)11-6-4-5-8(3,9)10/h7,11H,4-6H2,1-3H3. The highest BCUT2D eigenvalue weighted by Gasteiger charge is 2.19. The average molecular weight is 165 g/mol. The monoisotopic (exact) mass is 165 g/mol. The van der Waals surface area contributed by atoms with Gasteiger partial charge in [-0.05, 0) is 19.9 Å². The lowest BCUT2D eigenvalue weighted by molar-refractivity contribution is 0.0110. The van der Waals surface area contributed by atoms with Gasteiger partial charge in [0.05, 0.1) is 0 Å². The lowest BCUT2D eigenvalue weighted by Crippen LogP contribution is -2.25. The van der Waals surface area contributed by atoms with Gasteiger partial charge >= 0.3 is 0 Å². The second-order valence-electron chi connectivity index (χ2n) is 3.28. The molecule has 68 valence electrons. The molecule has 0 aromatic rings. The van der Waals surface area contributed by atoms with Crippen molar-refractivity contribution in [2.75, 3.05) is 6.54 Å². The van der Waals surface area contributed by atoms with Crippen molar-refractivity contribution < 1.29 is 8.78 Å². The van der Waals surface area contributed by atoms with Crippen LogP contribution in [0.15, 0.2) is 0 Å². The third-order valence-corrected chi connectivity index (χ3v) is 1.35. The molecule has 0 fully saturated rings. The minimum atomic E-state index is -2.50. The van der Waals surface area contributed by atoms with Gasteiger partial charge in [-0.25, -0.2) is 8.78 Å². The van der Waals surface area contributed by atoms with E-state index in [2.05, 4.69) is 5.32 Å². The third-order valence-electron chi connectivity index (χ3n) is 1.35. The molecule has 0 aromatic carbocycles. The minimum Gasteiger partial charge on any atom is -0.315 e. The van der Waals surface area contributed by atoms with E-state index in [1.165, 1.54) is 0 Å². The van der Waals surface area contributed by atoms with Crippen molar-refractivity contribution in [3.63, 3.8) is 0 Å². The highest BCUT2D eigenvalue weighted by atomic mass is 19.3. The summed E-state index contributed by atoms with van der Waals surface area (Å²) in [4.78, 5) is 0. The van der Waals surface area contributed by atoms with Crippen LogP contribution >= 0.6 is 0 Å². The largest absolute Gasteiger partial charge is 0.315 e. The summed E-state index contributed by atoms with van der Waals surface area (Å²) < 4.78 is 24.4. The van der Waals surface area contributed by atoms with Gasteiger partial charge in [0.2, 0.25) is 5.92 Å². The molecular formula is C8H17F2N. The molecule has 1 nitrogen and oxygen atoms in total. The quantitative estimate of drug-likeness (QED) is 0.617. The maximum atomic E-state index is 12.2. The highest BCUT2D eigenvalue weighted by Crippen LogP contribution is 2.17. The Hall–Kier alpha value is -0.180. The fourth-order valence-corrected chi connectivity index (χ4v) is 0.790. The fourth-order valence-electron chi connectivity index (χ4n) is 0.790. The average Bonchev–Trinajstić information content (AvgIpc) is 1.78. The number of halogens is 2. The van der Waals surface area contributed by atoms with Crippen LogP contribution in [0.1, 0.15) is 33.6 Å². The number of alkyl halides is 2. The smallest absolute Gasteiger partial charge is 0.245 e. The first kappa shape index (κ1) is 10.8. The lowest BCUT2D eigenvalue weighted by Gasteiger charge is -2.11. The molecule has 1 N–H and O–H groups in total. The number of nitrogens with one attached hydrogen (secondary N) is 1. The van der Waals surface area contributed by atoms with E-state index in [0.717, 1.165) is 6.92 Å². The van der Waals surface area contributed by atoms with Crippen LogP contribution in [-0.4, -0.2) is 18.5 Å². The molecule has 0 aliphatic carbocycles. The Morgan fingerprint density at radius 1 is 1.36 bits per heavy atom. The number of hydrogen-bond acceptors (Lipinski definition) is 1. The van der Waals surface area contributed by atoms with E-state index in [9.17, 15) is 8.78 Å². The zero-order valence-electron chi connectivity index (χ0n) is 7.45. The van der Waals surface area contributed by atoms with Gasteiger partial charge in [-0.2, -0.15) is 0 Å². The van der Waals surface area contributed by atoms with Gasteiger partial charge in [-0.15, -0.1) is 0 Å². The SMILES string of the molecule is CC(C)NCCCC(C)(F)F. The molecule has 0 aliphatic heterocycles. The van der Waals surface area contributed by atoms with E-state index in [1.54, 1.807) is 0 Å². The predicted molar refractivity (Wildman–Crippen MR) is 43.0 cm³/mol. The van der Waals surface area contributed by atoms with E-state index < -0.39 is 5.92 Å². The summed E-state index contributed by atoms with van der Waals surface area (Å²) in [5.41, 5.74) is 0. The summed E-state index contributed by atoms with van der Waals surface area (Å²) in [5.74, 6) is -2.50. The summed E-state index contributed by atoms with van der Waals surface area (Å²) in [6.45, 7) is 5.65. The summed E-state index contributed by atoms with van der Waals surface area (Å²) in [5, 5.41) is 3.08. The summed E-state index contributed by atoms with van der Waals surface area (Å²) in [6, 6.07) is 0.389. The van der Waals surface area contributed by atoms with Gasteiger partial charge in [0.25, 0.3) is 0 Å². The minimum absolute atomic E-state index is 0.0211. The normalized spacial score (nSPS) is 12.5. The van der Waals surface area contributed by atoms with Gasteiger partial charge in [-0.1, -0.05) is 13.8 Å². The Morgan fingerprint density at radius 2 is 1.91 bits per heavy atom. The van der Waals surface area contributed by atoms with Crippen molar-refractivity contribution in [1.82, 2.24) is 5.32 Å². The second kappa shape index (κ2) is 4.65. The Morgan fingerprint density at radius 3 is 2.27 bits per heavy atom. The lowest BCUT2D eigenvalue weighted by atomic mass is 10.2. The maximum absolute atomic E-state index is 12.2. The first-order valence-corrected chi connectivity index (χ1v) is 4.03. The second-order valence-corrected chi connectivity index (χ2v) is 3.28. The summed E-state index contributed by atoms with van der Waals surface area (Å²) >= 11 is 0. The molecule has 0 saturated heterocycles. The van der Waals surface area contributed by atoms with Crippen LogP contribution in [0.25, 0.3) is 0 Å². The molecule has 0 amide bonds. The van der Waals surface area contributed by atoms with Crippen molar-refractivity contribution >= 4 is 0 Å². The first-order valence-electron chi connectivity index (χ1n) is 4.03. The Bertz CT molecular complexity index is 96.8. The van der Waals surface area contributed by atoms with E-state index >= 15 is 0 Å². The van der Waals surface area contributed by atoms with E-state index in [4.69, 9.17) is 0 Å². The third kappa shape index (κ3) is 9.82. The van der Waals surface area contributed by atoms with Crippen molar-refractivity contribution in [3.8, 4) is 0 Å². The molecule has 0 aromatic heterocycles. The van der Waals surface area contributed by atoms with Gasteiger partial charge < -0.3 is 5.32 Å². The molecule has 0 radical (unpaired) electrons. The van der Waals surface area contributed by atoms with Crippen molar-refractivity contribution in [1.29, 1.82) is 0 Å². The van der Waals surface area contributed by atoms with E-state index in [1.807, 2.05) is 13.8 Å². The van der Waals surface area contributed by atoms with Crippen molar-refractivity contribution in [3.05, 3.63) is 0 Å². The molecule has 0 unspecified atom stereocenters. The zero-order valence-corrected chi connectivity index (χ0v) is 7.45. The van der Waals surface area contributed by atoms with Crippen LogP contribution in [0, 0.1) is 0 Å². The molecule has 0 spiro atoms. The van der Waals surface area contributed by atoms with E-state index in [-0.39, 0.29) is 6.42 Å². The molecule has 11 heavy (non-hydrogen) atoms. The molecule has 0 saturated carbocycles. The molecule has 0 atom stereocenters. The van der Waals surface area contributed by atoms with E-state index in [0.29, 0.717) is 19.0 Å². The number of hydrogen-bond donors (Lipinski definition) is 1. The molecule has 3 heteroatoms. The van der Waals surface area contributed by atoms with Crippen LogP contribution in [0.3, 0.4) is 0 Å². The van der Waals surface area contributed by atoms with Gasteiger partial charge in [0, 0.05) is 12.5 Å². The van der Waals surface area contributed by atoms with Gasteiger partial charge in [0.1, 0.15) is 0 Å². The summed E-state index contributed by atoms with van der Waals surface area (Å²) in [7, 11) is 0. The first-order chi connectivity index (χ1) is 4.92. The Labute approximate surface area is 67.2 Å². The van der Waals surface area contributed by atoms with Crippen LogP contribution in [0.5, 0.6) is 0 Å². The van der Waals surface area contributed by atoms with Crippen LogP contribution in [0.4, 0.5) is 8.78 Å². The predicted octanol–water partition coefficient (Wildman–Crippen LogP) is 2.42. The Balaban J connectivity index is 3.15. The summed E-state index contributed by atoms with van der Waals surface area (Å²) in [6.07, 6.45) is 0.522. The Kier molecular flexibility index (Phi) is 4.57. The van der Waals surface area contributed by atoms with Crippen LogP contribution in [0.2, 0.25) is 0 Å². The topological polar surface area (TPSA) is 12.0 Å². The fraction of sp³-hybridized carbons (Fsp3) is 1.00. The van der Waals surface area contributed by atoms with Crippen LogP contribution < -0.4 is 5.32 Å². The molecule has 0 rings (SSSR count). The van der Waals surface area contributed by atoms with Crippen molar-refractivity contribution in [2.45, 2.75) is 45.6 Å².